The number of aliphatic hydroxyl groups excluding tert-OH is 3. The molecule has 0 aromatic carbocycles. The second-order valence-corrected chi connectivity index (χ2v) is 10.7. The molecule has 5 heteroatoms. The summed E-state index contributed by atoms with van der Waals surface area (Å²) in [5.41, 5.74) is 0. The van der Waals surface area contributed by atoms with Gasteiger partial charge in [0.2, 0.25) is 5.91 Å². The van der Waals surface area contributed by atoms with Crippen molar-refractivity contribution in [2.24, 2.45) is 0 Å². The van der Waals surface area contributed by atoms with Gasteiger partial charge in [0.1, 0.15) is 6.10 Å². The monoisotopic (exact) mass is 523 g/mol. The van der Waals surface area contributed by atoms with Crippen LogP contribution in [0.1, 0.15) is 149 Å². The minimum atomic E-state index is -1.08. The molecule has 0 aromatic rings. The van der Waals surface area contributed by atoms with Crippen LogP contribution in [0, 0.1) is 0 Å². The van der Waals surface area contributed by atoms with Crippen LogP contribution >= 0.6 is 0 Å². The van der Waals surface area contributed by atoms with E-state index in [4.69, 9.17) is 0 Å². The van der Waals surface area contributed by atoms with Crippen LogP contribution in [0.15, 0.2) is 24.3 Å². The Balaban J connectivity index is 3.79. The summed E-state index contributed by atoms with van der Waals surface area (Å²) in [4.78, 5) is 12.3. The molecule has 0 radical (unpaired) electrons. The zero-order valence-electron chi connectivity index (χ0n) is 24.3. The second kappa shape index (κ2) is 27.9. The number of carbonyl (C=O) groups is 1. The molecular weight excluding hydrogens is 462 g/mol. The predicted octanol–water partition coefficient (Wildman–Crippen LogP) is 7.53. The molecule has 5 nitrogen and oxygen atoms in total. The fourth-order valence-corrected chi connectivity index (χ4v) is 4.53. The highest BCUT2D eigenvalue weighted by Gasteiger charge is 2.23. The number of hydrogen-bond donors (Lipinski definition) is 4. The maximum atomic E-state index is 12.3. The zero-order valence-corrected chi connectivity index (χ0v) is 24.3. The van der Waals surface area contributed by atoms with Crippen molar-refractivity contribution in [1.82, 2.24) is 5.32 Å². The standard InChI is InChI=1S/C32H61NO4/c1-3-5-7-9-11-13-14-15-16-17-19-21-23-25-27-31(36)32(37)33-29(28-34)30(35)26-24-22-20-18-12-10-8-6-4-2/h11,13-15,29-31,34-36H,3-10,12,16-28H2,1-2H3,(H,33,37)/b13-11-,15-14-. The number of unbranched alkanes of at least 4 members (excludes halogenated alkanes) is 16. The van der Waals surface area contributed by atoms with Gasteiger partial charge in [0.15, 0.2) is 0 Å². The number of hydrogen-bond acceptors (Lipinski definition) is 4. The van der Waals surface area contributed by atoms with Crippen molar-refractivity contribution in [2.75, 3.05) is 6.61 Å². The Morgan fingerprint density at radius 3 is 1.62 bits per heavy atom. The average molecular weight is 524 g/mol. The molecule has 218 valence electrons. The summed E-state index contributed by atoms with van der Waals surface area (Å²) in [5, 5.41) is 32.8. The van der Waals surface area contributed by atoms with Crippen LogP contribution < -0.4 is 5.32 Å². The quantitative estimate of drug-likeness (QED) is 0.0661. The third-order valence-electron chi connectivity index (χ3n) is 7.10. The average Bonchev–Trinajstić information content (AvgIpc) is 2.90. The lowest BCUT2D eigenvalue weighted by Gasteiger charge is -2.23. The van der Waals surface area contributed by atoms with Gasteiger partial charge in [0.25, 0.3) is 0 Å². The highest BCUT2D eigenvalue weighted by atomic mass is 16.3. The van der Waals surface area contributed by atoms with E-state index < -0.39 is 24.2 Å². The largest absolute Gasteiger partial charge is 0.394 e. The molecule has 3 atom stereocenters. The first-order valence-corrected chi connectivity index (χ1v) is 15.7. The minimum absolute atomic E-state index is 0.319. The molecule has 0 aliphatic carbocycles. The van der Waals surface area contributed by atoms with Crippen LogP contribution in [0.3, 0.4) is 0 Å². The van der Waals surface area contributed by atoms with Crippen LogP contribution in [-0.2, 0) is 4.79 Å². The van der Waals surface area contributed by atoms with Gasteiger partial charge in [-0.3, -0.25) is 4.79 Å². The fourth-order valence-electron chi connectivity index (χ4n) is 4.53. The molecular formula is C32H61NO4. The Morgan fingerprint density at radius 1 is 0.649 bits per heavy atom. The van der Waals surface area contributed by atoms with E-state index in [2.05, 4.69) is 43.5 Å². The Bertz CT molecular complexity index is 549. The number of aliphatic hydroxyl groups is 3. The van der Waals surface area contributed by atoms with Gasteiger partial charge in [0.05, 0.1) is 18.8 Å². The molecule has 37 heavy (non-hydrogen) atoms. The molecule has 0 heterocycles. The van der Waals surface area contributed by atoms with Gasteiger partial charge in [-0.15, -0.1) is 0 Å². The summed E-state index contributed by atoms with van der Waals surface area (Å²) in [7, 11) is 0. The third-order valence-corrected chi connectivity index (χ3v) is 7.10. The fraction of sp³-hybridized carbons (Fsp3) is 0.844. The maximum Gasteiger partial charge on any atom is 0.249 e. The van der Waals surface area contributed by atoms with Gasteiger partial charge in [0, 0.05) is 0 Å². The van der Waals surface area contributed by atoms with Crippen LogP contribution in [0.25, 0.3) is 0 Å². The van der Waals surface area contributed by atoms with Crippen LogP contribution in [0.5, 0.6) is 0 Å². The van der Waals surface area contributed by atoms with E-state index in [0.717, 1.165) is 51.4 Å². The van der Waals surface area contributed by atoms with Crippen molar-refractivity contribution in [1.29, 1.82) is 0 Å². The lowest BCUT2D eigenvalue weighted by molar-refractivity contribution is -0.131. The molecule has 0 aliphatic rings. The van der Waals surface area contributed by atoms with Crippen molar-refractivity contribution in [2.45, 2.75) is 167 Å². The van der Waals surface area contributed by atoms with Gasteiger partial charge in [-0.1, -0.05) is 134 Å². The van der Waals surface area contributed by atoms with Gasteiger partial charge in [-0.05, 0) is 38.5 Å². The molecule has 3 unspecified atom stereocenters. The first-order valence-electron chi connectivity index (χ1n) is 15.7. The number of amides is 1. The Labute approximate surface area is 229 Å². The first-order chi connectivity index (χ1) is 18.1. The van der Waals surface area contributed by atoms with Crippen molar-refractivity contribution < 1.29 is 20.1 Å². The maximum absolute atomic E-state index is 12.3. The molecule has 0 rings (SSSR count). The van der Waals surface area contributed by atoms with E-state index in [-0.39, 0.29) is 6.61 Å². The zero-order chi connectivity index (χ0) is 27.4. The number of nitrogens with one attached hydrogen (secondary N) is 1. The van der Waals surface area contributed by atoms with E-state index in [9.17, 15) is 20.1 Å². The summed E-state index contributed by atoms with van der Waals surface area (Å²) < 4.78 is 0. The van der Waals surface area contributed by atoms with Crippen LogP contribution in [-0.4, -0.2) is 46.1 Å². The number of allylic oxidation sites excluding steroid dienone is 4. The van der Waals surface area contributed by atoms with E-state index >= 15 is 0 Å². The van der Waals surface area contributed by atoms with E-state index in [1.165, 1.54) is 70.6 Å². The Morgan fingerprint density at radius 2 is 1.08 bits per heavy atom. The first kappa shape index (κ1) is 35.8. The van der Waals surface area contributed by atoms with Gasteiger partial charge >= 0.3 is 0 Å². The molecule has 0 aromatic heterocycles. The smallest absolute Gasteiger partial charge is 0.249 e. The Kier molecular flexibility index (Phi) is 27.0. The minimum Gasteiger partial charge on any atom is -0.394 e. The number of carbonyl (C=O) groups excluding carboxylic acids is 1. The summed E-state index contributed by atoms with van der Waals surface area (Å²) in [5.74, 6) is -0.488. The SMILES string of the molecule is CCCCC/C=C\C=C/CCCCCCCC(O)C(=O)NC(CO)C(O)CCCCCCCCCCC. The van der Waals surface area contributed by atoms with Crippen LogP contribution in [0.4, 0.5) is 0 Å². The molecule has 1 amide bonds. The molecule has 0 fully saturated rings. The van der Waals surface area contributed by atoms with Crippen molar-refractivity contribution in [3.63, 3.8) is 0 Å². The second-order valence-electron chi connectivity index (χ2n) is 10.7. The lowest BCUT2D eigenvalue weighted by Crippen LogP contribution is -2.49. The van der Waals surface area contributed by atoms with Crippen LogP contribution in [0.2, 0.25) is 0 Å². The van der Waals surface area contributed by atoms with E-state index in [0.29, 0.717) is 12.8 Å². The topological polar surface area (TPSA) is 89.8 Å². The van der Waals surface area contributed by atoms with Crippen molar-refractivity contribution >= 4 is 5.91 Å². The van der Waals surface area contributed by atoms with Crippen molar-refractivity contribution in [3.8, 4) is 0 Å². The molecule has 0 bridgehead atoms. The number of rotatable bonds is 27. The summed E-state index contributed by atoms with van der Waals surface area (Å²) in [6.07, 6.45) is 30.1. The lowest BCUT2D eigenvalue weighted by atomic mass is 10.0. The summed E-state index contributed by atoms with van der Waals surface area (Å²) in [6.45, 7) is 4.13. The van der Waals surface area contributed by atoms with Gasteiger partial charge in [-0.25, -0.2) is 0 Å². The Hall–Kier alpha value is -1.17. The van der Waals surface area contributed by atoms with Gasteiger partial charge in [-0.2, -0.15) is 0 Å². The molecule has 0 aliphatic heterocycles. The molecule has 0 spiro atoms. The van der Waals surface area contributed by atoms with Gasteiger partial charge < -0.3 is 20.6 Å². The molecule has 4 N–H and O–H groups in total. The van der Waals surface area contributed by atoms with E-state index in [1.54, 1.807) is 0 Å². The van der Waals surface area contributed by atoms with E-state index in [1.807, 2.05) is 0 Å². The highest BCUT2D eigenvalue weighted by molar-refractivity contribution is 5.80. The summed E-state index contributed by atoms with van der Waals surface area (Å²) in [6, 6.07) is -0.713. The van der Waals surface area contributed by atoms with Crippen molar-refractivity contribution in [3.05, 3.63) is 24.3 Å². The highest BCUT2D eigenvalue weighted by Crippen LogP contribution is 2.13. The summed E-state index contributed by atoms with van der Waals surface area (Å²) >= 11 is 0. The normalized spacial score (nSPS) is 14.4. The molecule has 0 saturated carbocycles. The predicted molar refractivity (Wildman–Crippen MR) is 158 cm³/mol. The molecule has 0 saturated heterocycles. The third kappa shape index (κ3) is 23.7.